The van der Waals surface area contributed by atoms with Crippen molar-refractivity contribution in [3.63, 3.8) is 0 Å². The number of anilines is 2. The summed E-state index contributed by atoms with van der Waals surface area (Å²) in [7, 11) is 0. The number of nitrogens with one attached hydrogen (secondary N) is 2. The molecular weight excluding hydrogens is 324 g/mol. The van der Waals surface area contributed by atoms with Gasteiger partial charge in [0.15, 0.2) is 5.82 Å². The van der Waals surface area contributed by atoms with E-state index >= 15 is 0 Å². The molecule has 2 unspecified atom stereocenters. The first-order chi connectivity index (χ1) is 12.6. The van der Waals surface area contributed by atoms with Crippen LogP contribution in [0.25, 0.3) is 11.4 Å². The number of nitriles is 1. The average molecular weight is 348 g/mol. The molecule has 2 fully saturated rings. The highest BCUT2D eigenvalue weighted by Crippen LogP contribution is 2.35. The molecule has 0 amide bonds. The molecule has 4 rings (SSSR count). The molecule has 1 heterocycles. The highest BCUT2D eigenvalue weighted by molar-refractivity contribution is 5.60. The van der Waals surface area contributed by atoms with E-state index in [1.165, 1.54) is 25.7 Å². The standard InChI is InChI=1S/C20H24N6/c1-12(15-6-7-15)22-19-24-18(17-5-3-4-14(10-17)11-21)25-20(26-19)23-13(2)16-8-9-16/h3-5,10,12-13,15-16H,6-9H2,1-2H3,(H2,22,23,24,25,26). The molecule has 1 aromatic heterocycles. The molecule has 2 aliphatic carbocycles. The fourth-order valence-corrected chi connectivity index (χ4v) is 3.20. The van der Waals surface area contributed by atoms with Gasteiger partial charge in [-0.2, -0.15) is 20.2 Å². The quantitative estimate of drug-likeness (QED) is 0.791. The van der Waals surface area contributed by atoms with Crippen LogP contribution in [0.5, 0.6) is 0 Å². The van der Waals surface area contributed by atoms with Gasteiger partial charge in [0.2, 0.25) is 11.9 Å². The molecule has 0 saturated heterocycles. The summed E-state index contributed by atoms with van der Waals surface area (Å²) in [5, 5.41) is 16.0. The smallest absolute Gasteiger partial charge is 0.228 e. The number of hydrogen-bond donors (Lipinski definition) is 2. The second-order valence-corrected chi connectivity index (χ2v) is 7.54. The molecule has 0 aliphatic heterocycles. The number of rotatable bonds is 7. The van der Waals surface area contributed by atoms with Gasteiger partial charge < -0.3 is 10.6 Å². The van der Waals surface area contributed by atoms with Gasteiger partial charge in [-0.3, -0.25) is 0 Å². The predicted molar refractivity (Wildman–Crippen MR) is 102 cm³/mol. The van der Waals surface area contributed by atoms with E-state index in [4.69, 9.17) is 5.26 Å². The van der Waals surface area contributed by atoms with E-state index in [1.807, 2.05) is 18.2 Å². The highest BCUT2D eigenvalue weighted by Gasteiger charge is 2.30. The van der Waals surface area contributed by atoms with E-state index in [-0.39, 0.29) is 0 Å². The molecule has 6 heteroatoms. The lowest BCUT2D eigenvalue weighted by molar-refractivity contribution is 0.676. The molecular formula is C20H24N6. The van der Waals surface area contributed by atoms with E-state index in [0.717, 1.165) is 5.56 Å². The van der Waals surface area contributed by atoms with Crippen molar-refractivity contribution in [3.05, 3.63) is 29.8 Å². The zero-order valence-electron chi connectivity index (χ0n) is 15.2. The lowest BCUT2D eigenvalue weighted by Gasteiger charge is -2.17. The SMILES string of the molecule is CC(Nc1nc(NC(C)C2CC2)nc(-c2cccc(C#N)c2)n1)C1CC1. The minimum Gasteiger partial charge on any atom is -0.351 e. The van der Waals surface area contributed by atoms with Crippen LogP contribution in [-0.4, -0.2) is 27.0 Å². The second kappa shape index (κ2) is 6.91. The number of nitrogens with zero attached hydrogens (tertiary/aromatic N) is 4. The average Bonchev–Trinajstić information content (AvgIpc) is 3.53. The van der Waals surface area contributed by atoms with Crippen molar-refractivity contribution < 1.29 is 0 Å². The maximum absolute atomic E-state index is 9.16. The molecule has 2 aliphatic rings. The van der Waals surface area contributed by atoms with Gasteiger partial charge in [0, 0.05) is 17.6 Å². The van der Waals surface area contributed by atoms with Crippen LogP contribution in [-0.2, 0) is 0 Å². The molecule has 2 atom stereocenters. The van der Waals surface area contributed by atoms with Gasteiger partial charge in [-0.25, -0.2) is 0 Å². The van der Waals surface area contributed by atoms with Crippen LogP contribution >= 0.6 is 0 Å². The van der Waals surface area contributed by atoms with Gasteiger partial charge in [0.25, 0.3) is 0 Å². The molecule has 1 aromatic carbocycles. The van der Waals surface area contributed by atoms with Crippen LogP contribution in [0.2, 0.25) is 0 Å². The molecule has 0 radical (unpaired) electrons. The van der Waals surface area contributed by atoms with Crippen molar-refractivity contribution in [2.24, 2.45) is 11.8 Å². The van der Waals surface area contributed by atoms with Crippen LogP contribution in [0.15, 0.2) is 24.3 Å². The largest absolute Gasteiger partial charge is 0.351 e. The Morgan fingerprint density at radius 1 is 0.962 bits per heavy atom. The minimum absolute atomic E-state index is 0.351. The first kappa shape index (κ1) is 16.8. The molecule has 2 aromatic rings. The molecule has 6 nitrogen and oxygen atoms in total. The minimum atomic E-state index is 0.351. The molecule has 26 heavy (non-hydrogen) atoms. The third-order valence-electron chi connectivity index (χ3n) is 5.26. The normalized spacial score (nSPS) is 18.7. The van der Waals surface area contributed by atoms with Gasteiger partial charge in [-0.1, -0.05) is 12.1 Å². The number of benzene rings is 1. The molecule has 2 saturated carbocycles. The fourth-order valence-electron chi connectivity index (χ4n) is 3.20. The van der Waals surface area contributed by atoms with Crippen LogP contribution in [0.1, 0.15) is 45.1 Å². The Bertz CT molecular complexity index is 796. The number of hydrogen-bond acceptors (Lipinski definition) is 6. The zero-order valence-corrected chi connectivity index (χ0v) is 15.2. The summed E-state index contributed by atoms with van der Waals surface area (Å²) in [5.41, 5.74) is 1.43. The van der Waals surface area contributed by atoms with Crippen LogP contribution in [0.4, 0.5) is 11.9 Å². The van der Waals surface area contributed by atoms with Gasteiger partial charge in [-0.05, 0) is 63.5 Å². The van der Waals surface area contributed by atoms with Crippen molar-refractivity contribution >= 4 is 11.9 Å². The lowest BCUT2D eigenvalue weighted by Crippen LogP contribution is -2.23. The maximum atomic E-state index is 9.16. The van der Waals surface area contributed by atoms with Crippen LogP contribution in [0.3, 0.4) is 0 Å². The van der Waals surface area contributed by atoms with Crippen molar-refractivity contribution in [2.75, 3.05) is 10.6 Å². The van der Waals surface area contributed by atoms with E-state index < -0.39 is 0 Å². The monoisotopic (exact) mass is 348 g/mol. The van der Waals surface area contributed by atoms with Crippen molar-refractivity contribution in [3.8, 4) is 17.5 Å². The summed E-state index contributed by atoms with van der Waals surface area (Å²) in [5.74, 6) is 3.20. The molecule has 0 bridgehead atoms. The molecule has 0 spiro atoms. The van der Waals surface area contributed by atoms with Gasteiger partial charge in [-0.15, -0.1) is 0 Å². The van der Waals surface area contributed by atoms with E-state index in [1.54, 1.807) is 6.07 Å². The lowest BCUT2D eigenvalue weighted by atomic mass is 10.1. The summed E-state index contributed by atoms with van der Waals surface area (Å²) < 4.78 is 0. The summed E-state index contributed by atoms with van der Waals surface area (Å²) in [6, 6.07) is 10.3. The molecule has 134 valence electrons. The Morgan fingerprint density at radius 3 is 2.04 bits per heavy atom. The second-order valence-electron chi connectivity index (χ2n) is 7.54. The van der Waals surface area contributed by atoms with E-state index in [2.05, 4.69) is 45.5 Å². The Morgan fingerprint density at radius 2 is 1.54 bits per heavy atom. The van der Waals surface area contributed by atoms with Crippen molar-refractivity contribution in [1.82, 2.24) is 15.0 Å². The van der Waals surface area contributed by atoms with E-state index in [9.17, 15) is 0 Å². The van der Waals surface area contributed by atoms with Gasteiger partial charge in [0.05, 0.1) is 11.6 Å². The third kappa shape index (κ3) is 3.93. The highest BCUT2D eigenvalue weighted by atomic mass is 15.2. The first-order valence-corrected chi connectivity index (χ1v) is 9.42. The Balaban J connectivity index is 1.65. The van der Waals surface area contributed by atoms with Gasteiger partial charge in [0.1, 0.15) is 0 Å². The zero-order chi connectivity index (χ0) is 18.1. The Labute approximate surface area is 154 Å². The van der Waals surface area contributed by atoms with Crippen LogP contribution < -0.4 is 10.6 Å². The Hall–Kier alpha value is -2.68. The maximum Gasteiger partial charge on any atom is 0.228 e. The predicted octanol–water partition coefficient (Wildman–Crippen LogP) is 3.83. The summed E-state index contributed by atoms with van der Waals surface area (Å²) in [6.45, 7) is 4.36. The van der Waals surface area contributed by atoms with Crippen molar-refractivity contribution in [1.29, 1.82) is 5.26 Å². The van der Waals surface area contributed by atoms with Crippen molar-refractivity contribution in [2.45, 2.75) is 51.6 Å². The molecule has 2 N–H and O–H groups in total. The number of aromatic nitrogens is 3. The third-order valence-corrected chi connectivity index (χ3v) is 5.26. The van der Waals surface area contributed by atoms with Gasteiger partial charge >= 0.3 is 0 Å². The summed E-state index contributed by atoms with van der Waals surface area (Å²) in [4.78, 5) is 13.8. The summed E-state index contributed by atoms with van der Waals surface area (Å²) >= 11 is 0. The Kier molecular flexibility index (Phi) is 4.46. The fraction of sp³-hybridized carbons (Fsp3) is 0.500. The van der Waals surface area contributed by atoms with E-state index in [0.29, 0.717) is 47.2 Å². The summed E-state index contributed by atoms with van der Waals surface area (Å²) in [6.07, 6.45) is 5.06. The van der Waals surface area contributed by atoms with Crippen LogP contribution in [0, 0.1) is 23.2 Å². The first-order valence-electron chi connectivity index (χ1n) is 9.42. The topological polar surface area (TPSA) is 86.5 Å².